The molecule has 0 radical (unpaired) electrons. The van der Waals surface area contributed by atoms with E-state index in [2.05, 4.69) is 19.8 Å². The second-order valence-electron chi connectivity index (χ2n) is 11.7. The van der Waals surface area contributed by atoms with Crippen LogP contribution in [0.4, 0.5) is 4.39 Å². The Hall–Kier alpha value is -3.60. The first-order chi connectivity index (χ1) is 20.6. The van der Waals surface area contributed by atoms with Gasteiger partial charge in [-0.3, -0.25) is 9.21 Å². The minimum atomic E-state index is -1.22. The summed E-state index contributed by atoms with van der Waals surface area (Å²) in [4.78, 5) is 19.0. The van der Waals surface area contributed by atoms with Crippen molar-refractivity contribution in [2.24, 2.45) is 0 Å². The van der Waals surface area contributed by atoms with Gasteiger partial charge in [-0.1, -0.05) is 30.1 Å². The van der Waals surface area contributed by atoms with E-state index in [9.17, 15) is 14.3 Å². The van der Waals surface area contributed by atoms with Crippen LogP contribution in [-0.2, 0) is 18.9 Å². The Labute approximate surface area is 255 Å². The average molecular weight is 605 g/mol. The Morgan fingerprint density at radius 1 is 1.14 bits per heavy atom. The highest BCUT2D eigenvalue weighted by Crippen LogP contribution is 2.49. The molecule has 1 aromatic heterocycles. The third-order valence-electron chi connectivity index (χ3n) is 8.36. The first-order valence-electron chi connectivity index (χ1n) is 14.6. The van der Waals surface area contributed by atoms with Crippen LogP contribution in [-0.4, -0.2) is 62.8 Å². The quantitative estimate of drug-likeness (QED) is 0.220. The molecule has 1 fully saturated rings. The lowest BCUT2D eigenvalue weighted by Crippen LogP contribution is -2.34. The smallest absolute Gasteiger partial charge is 0.335 e. The topological polar surface area (TPSA) is 80.1 Å². The van der Waals surface area contributed by atoms with E-state index >= 15 is 0 Å². The lowest BCUT2D eigenvalue weighted by atomic mass is 9.88. The van der Waals surface area contributed by atoms with Crippen LogP contribution in [0.5, 0.6) is 11.5 Å². The van der Waals surface area contributed by atoms with Gasteiger partial charge in [-0.25, -0.2) is 14.2 Å². The fourth-order valence-electron chi connectivity index (χ4n) is 6.16. The Morgan fingerprint density at radius 2 is 1.93 bits per heavy atom. The predicted molar refractivity (Wildman–Crippen MR) is 166 cm³/mol. The van der Waals surface area contributed by atoms with Crippen molar-refractivity contribution in [1.82, 2.24) is 18.8 Å². The maximum absolute atomic E-state index is 14.9. The van der Waals surface area contributed by atoms with Crippen molar-refractivity contribution >= 4 is 29.0 Å². The third-order valence-corrected chi connectivity index (χ3v) is 9.24. The molecular formula is C33H37FN4O4S. The van der Waals surface area contributed by atoms with Crippen LogP contribution in [0.3, 0.4) is 0 Å². The number of hydrogen-bond donors (Lipinski definition) is 1. The first-order valence-corrected chi connectivity index (χ1v) is 15.6. The number of para-hydroxylation sites is 1. The van der Waals surface area contributed by atoms with E-state index in [1.165, 1.54) is 6.07 Å². The Balaban J connectivity index is 1.17. The molecule has 10 heteroatoms. The summed E-state index contributed by atoms with van der Waals surface area (Å²) in [5.74, 6) is 0.948. The molecule has 8 nitrogen and oxygen atoms in total. The fourth-order valence-corrected chi connectivity index (χ4v) is 6.79. The maximum Gasteiger partial charge on any atom is 0.335 e. The van der Waals surface area contributed by atoms with Gasteiger partial charge in [0.1, 0.15) is 11.6 Å². The molecule has 3 heterocycles. The van der Waals surface area contributed by atoms with Crippen LogP contribution in [0.25, 0.3) is 11.0 Å². The standard InChI is InChI=1S/C33H37FN4O4S/c1-21-8-10-25(26(34)18-21)33(2)41-29-7-5-6-24(31(29)42-33)22-12-14-37(15-13-22)20-30-35-27-11-9-23(32(39)40)19-28(27)38(30)16-17-43-36(3)4/h5-11,18-19,22H,12-17,20H2,1-4H3,(H,39,40). The molecule has 43 heavy (non-hydrogen) atoms. The fraction of sp³-hybridized carbons (Fsp3) is 0.394. The number of benzene rings is 3. The van der Waals surface area contributed by atoms with Crippen LogP contribution >= 0.6 is 11.9 Å². The average Bonchev–Trinajstić information content (AvgIpc) is 3.49. The van der Waals surface area contributed by atoms with Gasteiger partial charge in [-0.05, 0) is 94.8 Å². The number of carboxylic acids is 1. The van der Waals surface area contributed by atoms with Crippen molar-refractivity contribution in [3.05, 3.63) is 88.5 Å². The maximum atomic E-state index is 14.9. The van der Waals surface area contributed by atoms with E-state index in [4.69, 9.17) is 14.5 Å². The monoisotopic (exact) mass is 604 g/mol. The van der Waals surface area contributed by atoms with E-state index in [1.54, 1.807) is 43.1 Å². The highest BCUT2D eigenvalue weighted by molar-refractivity contribution is 7.96. The lowest BCUT2D eigenvalue weighted by molar-refractivity contribution is -0.0712. The summed E-state index contributed by atoms with van der Waals surface area (Å²) in [6.07, 6.45) is 1.88. The van der Waals surface area contributed by atoms with Crippen molar-refractivity contribution in [1.29, 1.82) is 0 Å². The van der Waals surface area contributed by atoms with E-state index in [-0.39, 0.29) is 17.3 Å². The number of carbonyl (C=O) groups is 1. The number of fused-ring (bicyclic) bond motifs is 2. The zero-order valence-electron chi connectivity index (χ0n) is 25.0. The number of piperidine rings is 1. The van der Waals surface area contributed by atoms with Crippen LogP contribution in [0.15, 0.2) is 54.6 Å². The normalized spacial score (nSPS) is 19.0. The Kier molecular flexibility index (Phi) is 8.10. The second-order valence-corrected chi connectivity index (χ2v) is 13.1. The van der Waals surface area contributed by atoms with E-state index < -0.39 is 11.8 Å². The molecule has 0 saturated carbocycles. The number of aryl methyl sites for hydroxylation is 2. The van der Waals surface area contributed by atoms with Gasteiger partial charge in [-0.2, -0.15) is 0 Å². The number of nitrogens with zero attached hydrogens (tertiary/aromatic N) is 4. The summed E-state index contributed by atoms with van der Waals surface area (Å²) in [5.41, 5.74) is 4.27. The summed E-state index contributed by atoms with van der Waals surface area (Å²) in [5, 5.41) is 9.56. The zero-order valence-corrected chi connectivity index (χ0v) is 25.8. The first kappa shape index (κ1) is 29.5. The molecule has 3 aromatic carbocycles. The molecule has 2 aliphatic heterocycles. The molecule has 1 atom stereocenters. The van der Waals surface area contributed by atoms with Crippen molar-refractivity contribution in [2.45, 2.75) is 51.5 Å². The van der Waals surface area contributed by atoms with Gasteiger partial charge in [0.05, 0.1) is 28.7 Å². The minimum Gasteiger partial charge on any atom is -0.478 e. The number of halogens is 1. The van der Waals surface area contributed by atoms with E-state index in [0.717, 1.165) is 66.2 Å². The Bertz CT molecular complexity index is 1670. The van der Waals surface area contributed by atoms with Crippen LogP contribution in [0.1, 0.15) is 58.6 Å². The Morgan fingerprint density at radius 3 is 2.65 bits per heavy atom. The van der Waals surface area contributed by atoms with Gasteiger partial charge in [0, 0.05) is 24.8 Å². The van der Waals surface area contributed by atoms with Crippen molar-refractivity contribution in [3.63, 3.8) is 0 Å². The largest absolute Gasteiger partial charge is 0.478 e. The van der Waals surface area contributed by atoms with Crippen LogP contribution in [0, 0.1) is 12.7 Å². The van der Waals surface area contributed by atoms with Crippen molar-refractivity contribution in [2.75, 3.05) is 32.9 Å². The summed E-state index contributed by atoms with van der Waals surface area (Å²) in [6.45, 7) is 6.83. The molecule has 4 aromatic rings. The summed E-state index contributed by atoms with van der Waals surface area (Å²) in [7, 11) is 4.04. The predicted octanol–water partition coefficient (Wildman–Crippen LogP) is 6.42. The highest BCUT2D eigenvalue weighted by Gasteiger charge is 2.42. The molecule has 1 N–H and O–H groups in total. The molecule has 0 bridgehead atoms. The number of aromatic nitrogens is 2. The molecule has 0 aliphatic carbocycles. The lowest BCUT2D eigenvalue weighted by Gasteiger charge is -2.32. The highest BCUT2D eigenvalue weighted by atomic mass is 32.2. The summed E-state index contributed by atoms with van der Waals surface area (Å²) in [6, 6.07) is 16.2. The molecule has 0 amide bonds. The third kappa shape index (κ3) is 5.96. The van der Waals surface area contributed by atoms with Gasteiger partial charge < -0.3 is 19.1 Å². The van der Waals surface area contributed by atoms with Gasteiger partial charge in [0.25, 0.3) is 5.79 Å². The number of imidazole rings is 1. The van der Waals surface area contributed by atoms with Crippen molar-refractivity contribution < 1.29 is 23.8 Å². The van der Waals surface area contributed by atoms with E-state index in [0.29, 0.717) is 23.6 Å². The molecule has 2 aliphatic rings. The number of hydrogen-bond acceptors (Lipinski definition) is 7. The minimum absolute atomic E-state index is 0.268. The number of ether oxygens (including phenoxy) is 2. The van der Waals surface area contributed by atoms with Crippen molar-refractivity contribution in [3.8, 4) is 11.5 Å². The number of aromatic carboxylic acids is 1. The molecular weight excluding hydrogens is 567 g/mol. The van der Waals surface area contributed by atoms with E-state index in [1.807, 2.05) is 39.2 Å². The number of likely N-dealkylation sites (tertiary alicyclic amines) is 1. The summed E-state index contributed by atoms with van der Waals surface area (Å²) >= 11 is 1.72. The summed E-state index contributed by atoms with van der Waals surface area (Å²) < 4.78 is 31.8. The zero-order chi connectivity index (χ0) is 30.3. The van der Waals surface area contributed by atoms with Crippen LogP contribution < -0.4 is 9.47 Å². The second kappa shape index (κ2) is 11.8. The molecule has 1 unspecified atom stereocenters. The number of rotatable bonds is 9. The van der Waals surface area contributed by atoms with Gasteiger partial charge in [0.15, 0.2) is 11.5 Å². The number of carboxylic acid groups (broad SMARTS) is 1. The van der Waals surface area contributed by atoms with Gasteiger partial charge in [0.2, 0.25) is 0 Å². The van der Waals surface area contributed by atoms with Gasteiger partial charge >= 0.3 is 5.97 Å². The molecule has 0 spiro atoms. The molecule has 226 valence electrons. The SMILES string of the molecule is Cc1ccc(C2(C)Oc3cccc(C4CCN(Cc5nc6ccc(C(=O)O)cc6n5CCSN(C)C)CC4)c3O2)c(F)c1. The van der Waals surface area contributed by atoms with Gasteiger partial charge in [-0.15, -0.1) is 0 Å². The molecule has 6 rings (SSSR count). The molecule has 1 saturated heterocycles. The van der Waals surface area contributed by atoms with Crippen LogP contribution in [0.2, 0.25) is 0 Å².